The number of nitrogens with zero attached hydrogens (tertiary/aromatic N) is 2. The number of rotatable bonds is 8. The van der Waals surface area contributed by atoms with E-state index in [0.717, 1.165) is 51.6 Å². The Balaban J connectivity index is 0.00000320. The first-order valence-electron chi connectivity index (χ1n) is 11.9. The van der Waals surface area contributed by atoms with E-state index in [1.54, 1.807) is 6.07 Å². The van der Waals surface area contributed by atoms with E-state index in [2.05, 4.69) is 47.9 Å². The number of carbonyl (C=O) groups is 1. The largest absolute Gasteiger partial charge is 0.482 e. The highest BCUT2D eigenvalue weighted by Crippen LogP contribution is 2.39. The molecule has 5 rings (SSSR count). The lowest BCUT2D eigenvalue weighted by Gasteiger charge is -2.14. The maximum atomic E-state index is 11.0. The van der Waals surface area contributed by atoms with Crippen LogP contribution in [0.1, 0.15) is 14.4 Å². The van der Waals surface area contributed by atoms with Gasteiger partial charge in [0.15, 0.2) is 6.61 Å². The van der Waals surface area contributed by atoms with Crippen LogP contribution in [0, 0.1) is 0 Å². The molecule has 5 aromatic rings. The Morgan fingerprint density at radius 1 is 0.784 bits per heavy atom. The van der Waals surface area contributed by atoms with Crippen molar-refractivity contribution in [3.05, 3.63) is 109 Å². The van der Waals surface area contributed by atoms with Crippen molar-refractivity contribution in [1.82, 2.24) is 9.55 Å². The number of carboxylic acids is 1. The summed E-state index contributed by atoms with van der Waals surface area (Å²) >= 11 is 0. The monoisotopic (exact) mass is 490 g/mol. The standard InChI is InChI=1S/C31H26N2O3.CH4/c1-2-33-30(23-14-7-4-8-15-23)29(22-12-5-3-6-13-22)32-31(33)27-19-10-9-18-26(27)24-16-11-17-25(20-24)36-21-28(34)35;/h3-20H,2,21H2,1H3,(H,34,35);1H4. The lowest BCUT2D eigenvalue weighted by molar-refractivity contribution is -0.139. The number of imidazole rings is 1. The van der Waals surface area contributed by atoms with E-state index in [9.17, 15) is 4.79 Å². The fourth-order valence-corrected chi connectivity index (χ4v) is 4.48. The Hall–Kier alpha value is -4.64. The van der Waals surface area contributed by atoms with Gasteiger partial charge in [-0.05, 0) is 30.2 Å². The quantitative estimate of drug-likeness (QED) is 0.242. The zero-order valence-electron chi connectivity index (χ0n) is 20.0. The molecule has 0 saturated heterocycles. The molecule has 0 aliphatic carbocycles. The highest BCUT2D eigenvalue weighted by atomic mass is 16.5. The zero-order chi connectivity index (χ0) is 24.9. The summed E-state index contributed by atoms with van der Waals surface area (Å²) in [6.07, 6.45) is 0. The number of benzene rings is 4. The lowest BCUT2D eigenvalue weighted by atomic mass is 9.99. The summed E-state index contributed by atoms with van der Waals surface area (Å²) in [5.74, 6) is 0.383. The first-order chi connectivity index (χ1) is 17.7. The van der Waals surface area contributed by atoms with Gasteiger partial charge in [0, 0.05) is 23.2 Å². The molecule has 0 saturated carbocycles. The highest BCUT2D eigenvalue weighted by molar-refractivity contribution is 5.87. The molecule has 5 heteroatoms. The molecule has 1 N–H and O–H groups in total. The normalized spacial score (nSPS) is 10.5. The number of carboxylic acid groups (broad SMARTS) is 1. The van der Waals surface area contributed by atoms with Crippen molar-refractivity contribution in [3.8, 4) is 50.8 Å². The fraction of sp³-hybridized carbons (Fsp3) is 0.125. The van der Waals surface area contributed by atoms with Gasteiger partial charge in [0.1, 0.15) is 11.6 Å². The Kier molecular flexibility index (Phi) is 7.84. The predicted octanol–water partition coefficient (Wildman–Crippen LogP) is 7.67. The molecule has 0 radical (unpaired) electrons. The molecular weight excluding hydrogens is 460 g/mol. The van der Waals surface area contributed by atoms with Crippen LogP contribution in [0.2, 0.25) is 0 Å². The summed E-state index contributed by atoms with van der Waals surface area (Å²) in [5.41, 5.74) is 7.11. The fourth-order valence-electron chi connectivity index (χ4n) is 4.48. The van der Waals surface area contributed by atoms with E-state index in [4.69, 9.17) is 14.8 Å². The minimum atomic E-state index is -1.01. The van der Waals surface area contributed by atoms with Crippen LogP contribution in [0.15, 0.2) is 109 Å². The minimum Gasteiger partial charge on any atom is -0.482 e. The molecule has 37 heavy (non-hydrogen) atoms. The van der Waals surface area contributed by atoms with Gasteiger partial charge in [-0.15, -0.1) is 0 Å². The SMILES string of the molecule is C.CCn1c(-c2ccccc2-c2cccc(OCC(=O)O)c2)nc(-c2ccccc2)c1-c1ccccc1. The second-order valence-corrected chi connectivity index (χ2v) is 8.36. The summed E-state index contributed by atoms with van der Waals surface area (Å²) in [6.45, 7) is 2.50. The number of hydrogen-bond donors (Lipinski definition) is 1. The van der Waals surface area contributed by atoms with Crippen LogP contribution in [-0.2, 0) is 11.3 Å². The summed E-state index contributed by atoms with van der Waals surface area (Å²) < 4.78 is 7.70. The van der Waals surface area contributed by atoms with Gasteiger partial charge in [0.2, 0.25) is 0 Å². The van der Waals surface area contributed by atoms with Crippen LogP contribution in [0.25, 0.3) is 45.0 Å². The summed E-state index contributed by atoms with van der Waals surface area (Å²) in [6, 6.07) is 36.3. The number of aliphatic carboxylic acids is 1. The van der Waals surface area contributed by atoms with Gasteiger partial charge < -0.3 is 14.4 Å². The average Bonchev–Trinajstić information content (AvgIpc) is 3.32. The number of aromatic nitrogens is 2. The first kappa shape index (κ1) is 25.5. The second-order valence-electron chi connectivity index (χ2n) is 8.36. The van der Waals surface area contributed by atoms with Crippen molar-refractivity contribution in [2.75, 3.05) is 6.61 Å². The molecule has 0 aliphatic rings. The van der Waals surface area contributed by atoms with Crippen molar-refractivity contribution in [3.63, 3.8) is 0 Å². The number of ether oxygens (including phenoxy) is 1. The summed E-state index contributed by atoms with van der Waals surface area (Å²) in [7, 11) is 0. The summed E-state index contributed by atoms with van der Waals surface area (Å²) in [5, 5.41) is 8.99. The molecule has 186 valence electrons. The molecular formula is C32H30N2O3. The van der Waals surface area contributed by atoms with Gasteiger partial charge in [0.25, 0.3) is 0 Å². The predicted molar refractivity (Wildman–Crippen MR) is 150 cm³/mol. The highest BCUT2D eigenvalue weighted by Gasteiger charge is 2.22. The van der Waals surface area contributed by atoms with Crippen LogP contribution in [0.4, 0.5) is 0 Å². The Morgan fingerprint density at radius 2 is 1.38 bits per heavy atom. The van der Waals surface area contributed by atoms with Crippen LogP contribution in [0.5, 0.6) is 5.75 Å². The van der Waals surface area contributed by atoms with Crippen LogP contribution >= 0.6 is 0 Å². The molecule has 0 fully saturated rings. The Morgan fingerprint density at radius 3 is 2.03 bits per heavy atom. The summed E-state index contributed by atoms with van der Waals surface area (Å²) in [4.78, 5) is 16.2. The van der Waals surface area contributed by atoms with Gasteiger partial charge in [-0.3, -0.25) is 0 Å². The third kappa shape index (κ3) is 5.31. The second kappa shape index (κ2) is 11.4. The van der Waals surface area contributed by atoms with Gasteiger partial charge >= 0.3 is 5.97 Å². The molecule has 0 atom stereocenters. The Bertz CT molecular complexity index is 1490. The molecule has 0 unspecified atom stereocenters. The van der Waals surface area contributed by atoms with E-state index >= 15 is 0 Å². The van der Waals surface area contributed by atoms with Crippen molar-refractivity contribution in [2.45, 2.75) is 20.9 Å². The third-order valence-electron chi connectivity index (χ3n) is 6.05. The molecule has 0 aliphatic heterocycles. The van der Waals surface area contributed by atoms with Gasteiger partial charge in [0.05, 0.1) is 11.4 Å². The van der Waals surface area contributed by atoms with Crippen molar-refractivity contribution in [1.29, 1.82) is 0 Å². The van der Waals surface area contributed by atoms with E-state index in [0.29, 0.717) is 5.75 Å². The molecule has 1 heterocycles. The van der Waals surface area contributed by atoms with E-state index in [1.165, 1.54) is 0 Å². The molecule has 1 aromatic heterocycles. The van der Waals surface area contributed by atoms with Crippen LogP contribution in [0.3, 0.4) is 0 Å². The van der Waals surface area contributed by atoms with Gasteiger partial charge in [-0.1, -0.05) is 104 Å². The topological polar surface area (TPSA) is 64.3 Å². The van der Waals surface area contributed by atoms with Crippen molar-refractivity contribution in [2.24, 2.45) is 0 Å². The smallest absolute Gasteiger partial charge is 0.341 e. The van der Waals surface area contributed by atoms with Gasteiger partial charge in [-0.25, -0.2) is 9.78 Å². The molecule has 0 bridgehead atoms. The first-order valence-corrected chi connectivity index (χ1v) is 11.9. The maximum Gasteiger partial charge on any atom is 0.341 e. The number of hydrogen-bond acceptors (Lipinski definition) is 3. The lowest BCUT2D eigenvalue weighted by Crippen LogP contribution is -2.09. The third-order valence-corrected chi connectivity index (χ3v) is 6.05. The minimum absolute atomic E-state index is 0. The van der Waals surface area contributed by atoms with Gasteiger partial charge in [-0.2, -0.15) is 0 Å². The molecule has 4 aromatic carbocycles. The molecule has 5 nitrogen and oxygen atoms in total. The zero-order valence-corrected chi connectivity index (χ0v) is 20.0. The van der Waals surface area contributed by atoms with Crippen LogP contribution in [-0.4, -0.2) is 27.2 Å². The van der Waals surface area contributed by atoms with E-state index < -0.39 is 5.97 Å². The van der Waals surface area contributed by atoms with Crippen molar-refractivity contribution < 1.29 is 14.6 Å². The molecule has 0 amide bonds. The van der Waals surface area contributed by atoms with E-state index in [1.807, 2.05) is 66.7 Å². The average molecular weight is 491 g/mol. The van der Waals surface area contributed by atoms with E-state index in [-0.39, 0.29) is 14.0 Å². The Labute approximate surface area is 217 Å². The maximum absolute atomic E-state index is 11.0. The van der Waals surface area contributed by atoms with Crippen molar-refractivity contribution >= 4 is 5.97 Å². The van der Waals surface area contributed by atoms with Crippen LogP contribution < -0.4 is 4.74 Å². The molecule has 0 spiro atoms.